The van der Waals surface area contributed by atoms with Gasteiger partial charge in [-0.05, 0) is 49.4 Å². The summed E-state index contributed by atoms with van der Waals surface area (Å²) in [5.41, 5.74) is 6.15. The molecule has 3 rings (SSSR count). The molecule has 0 saturated heterocycles. The van der Waals surface area contributed by atoms with Gasteiger partial charge in [0.15, 0.2) is 5.82 Å². The van der Waals surface area contributed by atoms with Gasteiger partial charge >= 0.3 is 0 Å². The first kappa shape index (κ1) is 16.5. The van der Waals surface area contributed by atoms with E-state index in [-0.39, 0.29) is 17.2 Å². The molecule has 0 bridgehead atoms. The first-order chi connectivity index (χ1) is 10.8. The lowest BCUT2D eigenvalue weighted by molar-refractivity contribution is -0.117. The number of hydrogen-bond acceptors (Lipinski definition) is 3. The Bertz CT molecular complexity index is 552. The zero-order chi connectivity index (χ0) is 16.6. The summed E-state index contributed by atoms with van der Waals surface area (Å²) in [6.45, 7) is 7.38. The lowest BCUT2D eigenvalue weighted by Gasteiger charge is -2.26. The maximum Gasteiger partial charge on any atom is 0.228 e. The van der Waals surface area contributed by atoms with Crippen LogP contribution >= 0.6 is 0 Å². The molecule has 2 aliphatic rings. The number of nitrogens with zero attached hydrogens (tertiary/aromatic N) is 2. The van der Waals surface area contributed by atoms with Gasteiger partial charge in [0.25, 0.3) is 0 Å². The summed E-state index contributed by atoms with van der Waals surface area (Å²) in [7, 11) is 0. The number of rotatable bonds is 4. The van der Waals surface area contributed by atoms with Crippen LogP contribution in [0.1, 0.15) is 52.9 Å². The molecule has 2 saturated carbocycles. The molecule has 23 heavy (non-hydrogen) atoms. The Hall–Kier alpha value is -1.36. The Morgan fingerprint density at radius 1 is 1.35 bits per heavy atom. The number of nitrogens with two attached hydrogens (primary N) is 1. The summed E-state index contributed by atoms with van der Waals surface area (Å²) in [5, 5.41) is 7.45. The van der Waals surface area contributed by atoms with Crippen molar-refractivity contribution >= 4 is 11.7 Å². The zero-order valence-electron chi connectivity index (χ0n) is 14.6. The largest absolute Gasteiger partial charge is 0.328 e. The highest BCUT2D eigenvalue weighted by Crippen LogP contribution is 2.49. The highest BCUT2D eigenvalue weighted by molar-refractivity contribution is 5.93. The average Bonchev–Trinajstić information content (AvgIpc) is 3.14. The van der Waals surface area contributed by atoms with Gasteiger partial charge in [-0.3, -0.25) is 9.48 Å². The Kier molecular flexibility index (Phi) is 4.50. The number of carbonyl (C=O) groups is 1. The minimum absolute atomic E-state index is 0.144. The molecule has 5 nitrogen and oxygen atoms in total. The molecule has 0 spiro atoms. The first-order valence-corrected chi connectivity index (χ1v) is 8.92. The molecule has 2 fully saturated rings. The summed E-state index contributed by atoms with van der Waals surface area (Å²) in [5.74, 6) is 2.27. The average molecular weight is 318 g/mol. The number of amides is 1. The highest BCUT2D eigenvalue weighted by Gasteiger charge is 2.47. The number of hydrogen-bond donors (Lipinski definition) is 2. The molecule has 128 valence electrons. The Balaban J connectivity index is 1.49. The van der Waals surface area contributed by atoms with Crippen LogP contribution in [0.15, 0.2) is 12.3 Å². The van der Waals surface area contributed by atoms with Gasteiger partial charge in [-0.25, -0.2) is 0 Å². The summed E-state index contributed by atoms with van der Waals surface area (Å²) >= 11 is 0. The Labute approximate surface area is 139 Å². The van der Waals surface area contributed by atoms with Crippen molar-refractivity contribution in [2.45, 2.75) is 65.5 Å². The zero-order valence-corrected chi connectivity index (χ0v) is 14.6. The van der Waals surface area contributed by atoms with Crippen LogP contribution in [0.25, 0.3) is 0 Å². The second-order valence-corrected chi connectivity index (χ2v) is 8.63. The van der Waals surface area contributed by atoms with Gasteiger partial charge in [0, 0.05) is 30.8 Å². The van der Waals surface area contributed by atoms with Gasteiger partial charge in [0.2, 0.25) is 5.91 Å². The molecule has 1 aromatic heterocycles. The number of anilines is 1. The van der Waals surface area contributed by atoms with Crippen molar-refractivity contribution in [3.63, 3.8) is 0 Å². The fraction of sp³-hybridized carbons (Fsp3) is 0.778. The maximum atomic E-state index is 12.4. The van der Waals surface area contributed by atoms with Gasteiger partial charge in [0.1, 0.15) is 0 Å². The second kappa shape index (κ2) is 6.27. The predicted molar refractivity (Wildman–Crippen MR) is 91.8 cm³/mol. The third kappa shape index (κ3) is 4.34. The monoisotopic (exact) mass is 318 g/mol. The minimum atomic E-state index is 0.144. The number of aromatic nitrogens is 2. The third-order valence-electron chi connectivity index (χ3n) is 5.13. The van der Waals surface area contributed by atoms with E-state index in [1.165, 1.54) is 12.8 Å². The van der Waals surface area contributed by atoms with Crippen molar-refractivity contribution in [1.82, 2.24) is 9.78 Å². The number of carbonyl (C=O) groups excluding carboxylic acids is 1. The van der Waals surface area contributed by atoms with Gasteiger partial charge < -0.3 is 11.1 Å². The molecule has 1 aromatic rings. The SMILES string of the molecule is CC(C)(C)Cn1ccc(NC(=O)[C@@H]2C[C@H]2C2CCC(N)CC2)n1. The van der Waals surface area contributed by atoms with E-state index in [1.807, 2.05) is 16.9 Å². The number of nitrogens with one attached hydrogen (secondary N) is 1. The van der Waals surface area contributed by atoms with Crippen LogP contribution in [0.2, 0.25) is 0 Å². The molecule has 0 radical (unpaired) electrons. The molecule has 1 heterocycles. The maximum absolute atomic E-state index is 12.4. The quantitative estimate of drug-likeness (QED) is 0.896. The van der Waals surface area contributed by atoms with Crippen molar-refractivity contribution in [1.29, 1.82) is 0 Å². The molecule has 5 heteroatoms. The topological polar surface area (TPSA) is 72.9 Å². The van der Waals surface area contributed by atoms with E-state index in [0.717, 1.165) is 25.8 Å². The molecule has 1 amide bonds. The predicted octanol–water partition coefficient (Wildman–Crippen LogP) is 3.02. The minimum Gasteiger partial charge on any atom is -0.328 e. The summed E-state index contributed by atoms with van der Waals surface area (Å²) in [6.07, 6.45) is 7.59. The Morgan fingerprint density at radius 3 is 2.70 bits per heavy atom. The van der Waals surface area contributed by atoms with Gasteiger partial charge in [-0.2, -0.15) is 5.10 Å². The van der Waals surface area contributed by atoms with E-state index in [4.69, 9.17) is 5.73 Å². The molecule has 0 aromatic carbocycles. The van der Waals surface area contributed by atoms with E-state index in [2.05, 4.69) is 31.2 Å². The lowest BCUT2D eigenvalue weighted by atomic mass is 9.83. The molecular weight excluding hydrogens is 288 g/mol. The molecule has 3 N–H and O–H groups in total. The molecule has 0 unspecified atom stereocenters. The second-order valence-electron chi connectivity index (χ2n) is 8.63. The van der Waals surface area contributed by atoms with E-state index >= 15 is 0 Å². The van der Waals surface area contributed by atoms with Crippen LogP contribution in [0.3, 0.4) is 0 Å². The van der Waals surface area contributed by atoms with Crippen molar-refractivity contribution in [2.75, 3.05) is 5.32 Å². The normalized spacial score (nSPS) is 31.0. The van der Waals surface area contributed by atoms with Crippen LogP contribution < -0.4 is 11.1 Å². The molecule has 2 aliphatic carbocycles. The third-order valence-corrected chi connectivity index (χ3v) is 5.13. The van der Waals surface area contributed by atoms with Crippen LogP contribution in [-0.2, 0) is 11.3 Å². The lowest BCUT2D eigenvalue weighted by Crippen LogP contribution is -2.28. The van der Waals surface area contributed by atoms with E-state index in [0.29, 0.717) is 23.7 Å². The Morgan fingerprint density at radius 2 is 2.04 bits per heavy atom. The first-order valence-electron chi connectivity index (χ1n) is 8.92. The highest BCUT2D eigenvalue weighted by atomic mass is 16.2. The van der Waals surface area contributed by atoms with E-state index < -0.39 is 0 Å². The van der Waals surface area contributed by atoms with Crippen molar-refractivity contribution in [2.24, 2.45) is 28.9 Å². The molecular formula is C18H30N4O. The summed E-state index contributed by atoms with van der Waals surface area (Å²) < 4.78 is 1.91. The van der Waals surface area contributed by atoms with Crippen LogP contribution in [0.4, 0.5) is 5.82 Å². The summed E-state index contributed by atoms with van der Waals surface area (Å²) in [4.78, 5) is 12.4. The van der Waals surface area contributed by atoms with Gasteiger partial charge in [-0.1, -0.05) is 20.8 Å². The van der Waals surface area contributed by atoms with Gasteiger partial charge in [-0.15, -0.1) is 0 Å². The smallest absolute Gasteiger partial charge is 0.228 e. The van der Waals surface area contributed by atoms with Gasteiger partial charge in [0.05, 0.1) is 0 Å². The molecule has 0 aliphatic heterocycles. The van der Waals surface area contributed by atoms with E-state index in [9.17, 15) is 4.79 Å². The van der Waals surface area contributed by atoms with Crippen LogP contribution in [0, 0.1) is 23.2 Å². The van der Waals surface area contributed by atoms with Crippen LogP contribution in [0.5, 0.6) is 0 Å². The molecule has 2 atom stereocenters. The fourth-order valence-corrected chi connectivity index (χ4v) is 3.83. The standard InChI is InChI=1S/C18H30N4O/c1-18(2,3)11-22-9-8-16(21-22)20-17(23)15-10-14(15)12-4-6-13(19)7-5-12/h8-9,12-15H,4-7,10-11,19H2,1-3H3,(H,20,21,23)/t12?,13?,14-,15+/m0/s1. The summed E-state index contributed by atoms with van der Waals surface area (Å²) in [6, 6.07) is 2.27. The fourth-order valence-electron chi connectivity index (χ4n) is 3.83. The van der Waals surface area contributed by atoms with Crippen molar-refractivity contribution in [3.05, 3.63) is 12.3 Å². The van der Waals surface area contributed by atoms with Crippen molar-refractivity contribution in [3.8, 4) is 0 Å². The van der Waals surface area contributed by atoms with Crippen LogP contribution in [-0.4, -0.2) is 21.7 Å². The van der Waals surface area contributed by atoms with Crippen molar-refractivity contribution < 1.29 is 4.79 Å². The van der Waals surface area contributed by atoms with E-state index in [1.54, 1.807) is 0 Å².